The monoisotopic (exact) mass is 255 g/mol. The van der Waals surface area contributed by atoms with Crippen molar-refractivity contribution in [1.82, 2.24) is 4.90 Å². The molecule has 90 valence electrons. The van der Waals surface area contributed by atoms with Gasteiger partial charge in [0.05, 0.1) is 5.03 Å². The van der Waals surface area contributed by atoms with Gasteiger partial charge >= 0.3 is 0 Å². The van der Waals surface area contributed by atoms with E-state index in [0.717, 1.165) is 30.3 Å². The number of nitrogens with zero attached hydrogens (tertiary/aromatic N) is 3. The van der Waals surface area contributed by atoms with Crippen LogP contribution in [-0.4, -0.2) is 17.2 Å². The SMILES string of the molecule is N#CC(C#N)=C1SCCCN1Cc1ccccc1. The van der Waals surface area contributed by atoms with Gasteiger partial charge in [0.2, 0.25) is 0 Å². The number of thioether (sulfide) groups is 1. The van der Waals surface area contributed by atoms with E-state index in [0.29, 0.717) is 0 Å². The molecule has 1 aromatic rings. The summed E-state index contributed by atoms with van der Waals surface area (Å²) in [5, 5.41) is 18.8. The van der Waals surface area contributed by atoms with Gasteiger partial charge in [-0.25, -0.2) is 0 Å². The summed E-state index contributed by atoms with van der Waals surface area (Å²) in [5.74, 6) is 0.980. The van der Waals surface area contributed by atoms with Gasteiger partial charge < -0.3 is 4.90 Å². The predicted molar refractivity (Wildman–Crippen MR) is 72.2 cm³/mol. The maximum absolute atomic E-state index is 8.99. The fourth-order valence-electron chi connectivity index (χ4n) is 1.92. The molecular weight excluding hydrogens is 242 g/mol. The highest BCUT2D eigenvalue weighted by atomic mass is 32.2. The van der Waals surface area contributed by atoms with Crippen LogP contribution in [0.5, 0.6) is 0 Å². The van der Waals surface area contributed by atoms with Gasteiger partial charge in [-0.15, -0.1) is 11.8 Å². The minimum absolute atomic E-state index is 0.232. The van der Waals surface area contributed by atoms with Crippen molar-refractivity contribution in [2.45, 2.75) is 13.0 Å². The zero-order chi connectivity index (χ0) is 12.8. The molecule has 0 aliphatic carbocycles. The van der Waals surface area contributed by atoms with E-state index in [1.807, 2.05) is 30.3 Å². The van der Waals surface area contributed by atoms with E-state index in [1.165, 1.54) is 5.56 Å². The van der Waals surface area contributed by atoms with Crippen LogP contribution in [0.4, 0.5) is 0 Å². The van der Waals surface area contributed by atoms with Gasteiger partial charge in [-0.1, -0.05) is 30.3 Å². The zero-order valence-corrected chi connectivity index (χ0v) is 10.8. The molecule has 3 nitrogen and oxygen atoms in total. The largest absolute Gasteiger partial charge is 0.360 e. The van der Waals surface area contributed by atoms with E-state index in [1.54, 1.807) is 11.8 Å². The molecule has 2 rings (SSSR count). The Kier molecular flexibility index (Phi) is 4.28. The second kappa shape index (κ2) is 6.14. The summed E-state index contributed by atoms with van der Waals surface area (Å²) in [6.45, 7) is 1.67. The van der Waals surface area contributed by atoms with Crippen LogP contribution in [0.3, 0.4) is 0 Å². The first-order valence-electron chi connectivity index (χ1n) is 5.81. The topological polar surface area (TPSA) is 50.8 Å². The Balaban J connectivity index is 2.23. The number of rotatable bonds is 2. The van der Waals surface area contributed by atoms with Gasteiger partial charge in [-0.2, -0.15) is 10.5 Å². The normalized spacial score (nSPS) is 14.8. The molecule has 0 amide bonds. The van der Waals surface area contributed by atoms with Crippen molar-refractivity contribution >= 4 is 11.8 Å². The van der Waals surface area contributed by atoms with Crippen molar-refractivity contribution < 1.29 is 0 Å². The van der Waals surface area contributed by atoms with Gasteiger partial charge in [0, 0.05) is 18.8 Å². The molecule has 0 spiro atoms. The van der Waals surface area contributed by atoms with Crippen LogP contribution in [-0.2, 0) is 6.54 Å². The molecule has 0 unspecified atom stereocenters. The Labute approximate surface area is 111 Å². The van der Waals surface area contributed by atoms with Crippen LogP contribution in [0.15, 0.2) is 40.9 Å². The first-order valence-corrected chi connectivity index (χ1v) is 6.80. The van der Waals surface area contributed by atoms with Gasteiger partial charge in [0.1, 0.15) is 12.1 Å². The van der Waals surface area contributed by atoms with Crippen molar-refractivity contribution in [3.8, 4) is 12.1 Å². The van der Waals surface area contributed by atoms with Gasteiger partial charge in [-0.05, 0) is 12.0 Å². The Morgan fingerprint density at radius 1 is 1.22 bits per heavy atom. The summed E-state index contributed by atoms with van der Waals surface area (Å²) in [4.78, 5) is 2.13. The minimum Gasteiger partial charge on any atom is -0.360 e. The summed E-state index contributed by atoms with van der Waals surface area (Å²) >= 11 is 1.61. The van der Waals surface area contributed by atoms with Crippen molar-refractivity contribution in [3.63, 3.8) is 0 Å². The van der Waals surface area contributed by atoms with Crippen molar-refractivity contribution in [1.29, 1.82) is 10.5 Å². The Bertz CT molecular complexity index is 506. The predicted octanol–water partition coefficient (Wildman–Crippen LogP) is 2.88. The lowest BCUT2D eigenvalue weighted by atomic mass is 10.2. The van der Waals surface area contributed by atoms with Crippen LogP contribution in [0.2, 0.25) is 0 Å². The fourth-order valence-corrected chi connectivity index (χ4v) is 2.96. The molecule has 0 atom stereocenters. The van der Waals surface area contributed by atoms with Crippen LogP contribution in [0, 0.1) is 22.7 Å². The third-order valence-corrected chi connectivity index (χ3v) is 3.98. The van der Waals surface area contributed by atoms with Crippen LogP contribution >= 0.6 is 11.8 Å². The molecule has 1 saturated heterocycles. The molecule has 1 aromatic carbocycles. The molecule has 1 fully saturated rings. The maximum Gasteiger partial charge on any atom is 0.159 e. The Morgan fingerprint density at radius 3 is 2.61 bits per heavy atom. The smallest absolute Gasteiger partial charge is 0.159 e. The van der Waals surface area contributed by atoms with Crippen molar-refractivity contribution in [3.05, 3.63) is 46.5 Å². The first kappa shape index (κ1) is 12.5. The standard InChI is InChI=1S/C14H13N3S/c15-9-13(10-16)14-17(7-4-8-18-14)11-12-5-2-1-3-6-12/h1-3,5-6H,4,7-8,11H2. The second-order valence-corrected chi connectivity index (χ2v) is 5.10. The average molecular weight is 255 g/mol. The number of allylic oxidation sites excluding steroid dienone is 1. The Hall–Kier alpha value is -1.91. The molecule has 1 aliphatic heterocycles. The molecule has 0 aromatic heterocycles. The molecule has 0 saturated carbocycles. The summed E-state index contributed by atoms with van der Waals surface area (Å²) < 4.78 is 0. The van der Waals surface area contributed by atoms with Gasteiger partial charge in [-0.3, -0.25) is 0 Å². The quantitative estimate of drug-likeness (QED) is 0.762. The molecule has 0 N–H and O–H groups in total. The van der Waals surface area contributed by atoms with Crippen molar-refractivity contribution in [2.75, 3.05) is 12.3 Å². The van der Waals surface area contributed by atoms with E-state index in [4.69, 9.17) is 10.5 Å². The molecule has 0 radical (unpaired) electrons. The lowest BCUT2D eigenvalue weighted by Crippen LogP contribution is -2.27. The number of nitriles is 2. The fraction of sp³-hybridized carbons (Fsp3) is 0.286. The number of hydrogen-bond donors (Lipinski definition) is 0. The highest BCUT2D eigenvalue weighted by Gasteiger charge is 2.19. The van der Waals surface area contributed by atoms with E-state index in [-0.39, 0.29) is 5.57 Å². The maximum atomic E-state index is 8.99. The number of benzene rings is 1. The minimum atomic E-state index is 0.232. The third-order valence-electron chi connectivity index (χ3n) is 2.75. The summed E-state index contributed by atoms with van der Waals surface area (Å²) in [7, 11) is 0. The lowest BCUT2D eigenvalue weighted by Gasteiger charge is -2.31. The number of hydrogen-bond acceptors (Lipinski definition) is 4. The van der Waals surface area contributed by atoms with Gasteiger partial charge in [0.25, 0.3) is 0 Å². The average Bonchev–Trinajstić information content (AvgIpc) is 2.43. The Morgan fingerprint density at radius 2 is 1.94 bits per heavy atom. The van der Waals surface area contributed by atoms with E-state index in [2.05, 4.69) is 17.0 Å². The molecule has 0 bridgehead atoms. The highest BCUT2D eigenvalue weighted by molar-refractivity contribution is 8.03. The molecular formula is C14H13N3S. The molecule has 4 heteroatoms. The van der Waals surface area contributed by atoms with Crippen LogP contribution in [0.25, 0.3) is 0 Å². The van der Waals surface area contributed by atoms with E-state index < -0.39 is 0 Å². The van der Waals surface area contributed by atoms with Gasteiger partial charge in [0.15, 0.2) is 5.57 Å². The summed E-state index contributed by atoms with van der Waals surface area (Å²) in [6.07, 6.45) is 1.09. The zero-order valence-electron chi connectivity index (χ0n) is 9.97. The highest BCUT2D eigenvalue weighted by Crippen LogP contribution is 2.30. The molecule has 18 heavy (non-hydrogen) atoms. The van der Waals surface area contributed by atoms with E-state index in [9.17, 15) is 0 Å². The van der Waals surface area contributed by atoms with E-state index >= 15 is 0 Å². The summed E-state index contributed by atoms with van der Waals surface area (Å²) in [6, 6.07) is 14.1. The first-order chi connectivity index (χ1) is 8.85. The van der Waals surface area contributed by atoms with Crippen LogP contribution < -0.4 is 0 Å². The summed E-state index contributed by atoms with van der Waals surface area (Å²) in [5.41, 5.74) is 1.43. The lowest BCUT2D eigenvalue weighted by molar-refractivity contribution is 0.353. The van der Waals surface area contributed by atoms with Crippen molar-refractivity contribution in [2.24, 2.45) is 0 Å². The molecule has 1 heterocycles. The van der Waals surface area contributed by atoms with Crippen LogP contribution in [0.1, 0.15) is 12.0 Å². The third kappa shape index (κ3) is 2.85. The second-order valence-electron chi connectivity index (χ2n) is 4.01. The molecule has 1 aliphatic rings.